The summed E-state index contributed by atoms with van der Waals surface area (Å²) < 4.78 is 41.6. The van der Waals surface area contributed by atoms with Crippen LogP contribution in [-0.4, -0.2) is 34.8 Å². The van der Waals surface area contributed by atoms with Crippen LogP contribution in [0.25, 0.3) is 11.3 Å². The molecule has 10 heteroatoms. The molecule has 174 valence electrons. The highest BCUT2D eigenvalue weighted by molar-refractivity contribution is 7.92. The van der Waals surface area contributed by atoms with Gasteiger partial charge in [-0.2, -0.15) is 10.1 Å². The van der Waals surface area contributed by atoms with Crippen molar-refractivity contribution in [2.75, 3.05) is 11.3 Å². The van der Waals surface area contributed by atoms with Crippen molar-refractivity contribution in [3.8, 4) is 22.9 Å². The first-order valence-corrected chi connectivity index (χ1v) is 12.4. The number of aromatic nitrogens is 4. The Labute approximate surface area is 197 Å². The standard InChI is InChI=1S/C24H23N5O4S/c30-34(31,20-11-5-2-6-12-20)28-24-26-21(15-22(27-24)33-19-9-3-1-4-10-19)18-16-25-29(17-18)23-13-7-8-14-32-23/h1-6,9-12,15-17,23H,7-8,13-14H2,(H,26,27,28). The number of rotatable bonds is 7. The van der Waals surface area contributed by atoms with E-state index in [-0.39, 0.29) is 23.0 Å². The van der Waals surface area contributed by atoms with Crippen LogP contribution in [0, 0.1) is 0 Å². The molecule has 0 bridgehead atoms. The quantitative estimate of drug-likeness (QED) is 0.413. The van der Waals surface area contributed by atoms with E-state index in [1.54, 1.807) is 47.3 Å². The predicted molar refractivity (Wildman–Crippen MR) is 126 cm³/mol. The fourth-order valence-electron chi connectivity index (χ4n) is 3.62. The Hall–Kier alpha value is -3.76. The largest absolute Gasteiger partial charge is 0.439 e. The van der Waals surface area contributed by atoms with Gasteiger partial charge in [-0.15, -0.1) is 0 Å². The minimum absolute atomic E-state index is 0.103. The number of hydrogen-bond acceptors (Lipinski definition) is 7. The fraction of sp³-hybridized carbons (Fsp3) is 0.208. The van der Waals surface area contributed by atoms with Crippen molar-refractivity contribution in [1.29, 1.82) is 0 Å². The smallest absolute Gasteiger partial charge is 0.264 e. The van der Waals surface area contributed by atoms with E-state index in [2.05, 4.69) is 19.8 Å². The molecule has 1 atom stereocenters. The van der Waals surface area contributed by atoms with Crippen molar-refractivity contribution in [1.82, 2.24) is 19.7 Å². The lowest BCUT2D eigenvalue weighted by molar-refractivity contribution is -0.0394. The maximum atomic E-state index is 12.9. The third-order valence-electron chi connectivity index (χ3n) is 5.30. The highest BCUT2D eigenvalue weighted by Crippen LogP contribution is 2.29. The first kappa shape index (κ1) is 22.1. The van der Waals surface area contributed by atoms with Crippen LogP contribution in [0.1, 0.15) is 25.5 Å². The average molecular weight is 478 g/mol. The lowest BCUT2D eigenvalue weighted by Gasteiger charge is -2.22. The van der Waals surface area contributed by atoms with E-state index in [4.69, 9.17) is 9.47 Å². The Balaban J connectivity index is 1.49. The van der Waals surface area contributed by atoms with E-state index in [0.717, 1.165) is 19.3 Å². The second-order valence-corrected chi connectivity index (χ2v) is 9.46. The number of sulfonamides is 1. The highest BCUT2D eigenvalue weighted by atomic mass is 32.2. The van der Waals surface area contributed by atoms with Crippen molar-refractivity contribution < 1.29 is 17.9 Å². The summed E-state index contributed by atoms with van der Waals surface area (Å²) in [6, 6.07) is 18.8. The van der Waals surface area contributed by atoms with Crippen LogP contribution in [0.5, 0.6) is 11.6 Å². The monoisotopic (exact) mass is 477 g/mol. The van der Waals surface area contributed by atoms with Gasteiger partial charge >= 0.3 is 0 Å². The van der Waals surface area contributed by atoms with Gasteiger partial charge in [-0.3, -0.25) is 0 Å². The number of nitrogens with zero attached hydrogens (tertiary/aromatic N) is 4. The molecule has 1 saturated heterocycles. The van der Waals surface area contributed by atoms with Gasteiger partial charge in [0.2, 0.25) is 11.8 Å². The summed E-state index contributed by atoms with van der Waals surface area (Å²) in [7, 11) is -3.89. The minimum Gasteiger partial charge on any atom is -0.439 e. The lowest BCUT2D eigenvalue weighted by atomic mass is 10.2. The van der Waals surface area contributed by atoms with Crippen molar-refractivity contribution in [2.45, 2.75) is 30.4 Å². The van der Waals surface area contributed by atoms with Crippen molar-refractivity contribution >= 4 is 16.0 Å². The molecule has 0 aliphatic carbocycles. The number of benzene rings is 2. The molecule has 0 saturated carbocycles. The third kappa shape index (κ3) is 5.08. The molecule has 0 radical (unpaired) electrons. The normalized spacial score (nSPS) is 16.2. The van der Waals surface area contributed by atoms with Crippen LogP contribution in [-0.2, 0) is 14.8 Å². The number of hydrogen-bond donors (Lipinski definition) is 1. The molecule has 4 aromatic rings. The van der Waals surface area contributed by atoms with Gasteiger partial charge in [-0.05, 0) is 43.5 Å². The molecular weight excluding hydrogens is 454 g/mol. The maximum absolute atomic E-state index is 12.9. The van der Waals surface area contributed by atoms with Crippen LogP contribution < -0.4 is 9.46 Å². The van der Waals surface area contributed by atoms with E-state index < -0.39 is 10.0 Å². The summed E-state index contributed by atoms with van der Waals surface area (Å²) in [5.74, 6) is 0.660. The molecule has 1 aliphatic rings. The Kier molecular flexibility index (Phi) is 6.24. The van der Waals surface area contributed by atoms with Crippen LogP contribution >= 0.6 is 0 Å². The number of nitrogens with one attached hydrogen (secondary N) is 1. The molecule has 1 fully saturated rings. The number of para-hydroxylation sites is 1. The van der Waals surface area contributed by atoms with Gasteiger partial charge in [0.25, 0.3) is 10.0 Å². The van der Waals surface area contributed by atoms with Gasteiger partial charge in [-0.25, -0.2) is 22.8 Å². The third-order valence-corrected chi connectivity index (χ3v) is 6.64. The molecule has 2 aromatic heterocycles. The van der Waals surface area contributed by atoms with Crippen LogP contribution in [0.2, 0.25) is 0 Å². The Morgan fingerprint density at radius 2 is 1.76 bits per heavy atom. The second kappa shape index (κ2) is 9.62. The van der Waals surface area contributed by atoms with E-state index in [9.17, 15) is 8.42 Å². The summed E-state index contributed by atoms with van der Waals surface area (Å²) in [4.78, 5) is 8.83. The predicted octanol–water partition coefficient (Wildman–Crippen LogP) is 4.63. The molecule has 3 heterocycles. The SMILES string of the molecule is O=S(=O)(Nc1nc(Oc2ccccc2)cc(-c2cnn(C3CCCCO3)c2)n1)c1ccccc1. The summed E-state index contributed by atoms with van der Waals surface area (Å²) >= 11 is 0. The molecular formula is C24H23N5O4S. The zero-order valence-electron chi connectivity index (χ0n) is 18.2. The van der Waals surface area contributed by atoms with Crippen molar-refractivity contribution in [3.63, 3.8) is 0 Å². The van der Waals surface area contributed by atoms with E-state index in [0.29, 0.717) is 23.6 Å². The van der Waals surface area contributed by atoms with E-state index in [1.807, 2.05) is 24.4 Å². The molecule has 1 unspecified atom stereocenters. The molecule has 1 N–H and O–H groups in total. The van der Waals surface area contributed by atoms with Crippen LogP contribution in [0.4, 0.5) is 5.95 Å². The van der Waals surface area contributed by atoms with Crippen molar-refractivity contribution in [3.05, 3.63) is 79.1 Å². The summed E-state index contributed by atoms with van der Waals surface area (Å²) in [5.41, 5.74) is 1.16. The topological polar surface area (TPSA) is 108 Å². The Bertz CT molecular complexity index is 1350. The minimum atomic E-state index is -3.89. The van der Waals surface area contributed by atoms with Gasteiger partial charge in [0, 0.05) is 24.4 Å². The summed E-state index contributed by atoms with van der Waals surface area (Å²) in [6.07, 6.45) is 6.38. The molecule has 0 spiro atoms. The fourth-order valence-corrected chi connectivity index (χ4v) is 4.58. The molecule has 5 rings (SSSR count). The average Bonchev–Trinajstić information content (AvgIpc) is 3.36. The maximum Gasteiger partial charge on any atom is 0.264 e. The summed E-state index contributed by atoms with van der Waals surface area (Å²) in [6.45, 7) is 0.702. The highest BCUT2D eigenvalue weighted by Gasteiger charge is 2.20. The molecule has 2 aromatic carbocycles. The zero-order chi connectivity index (χ0) is 23.4. The van der Waals surface area contributed by atoms with Gasteiger partial charge in [0.1, 0.15) is 12.0 Å². The molecule has 0 amide bonds. The zero-order valence-corrected chi connectivity index (χ0v) is 19.1. The van der Waals surface area contributed by atoms with Gasteiger partial charge in [0.05, 0.1) is 16.8 Å². The first-order valence-electron chi connectivity index (χ1n) is 10.9. The molecule has 34 heavy (non-hydrogen) atoms. The number of anilines is 1. The Morgan fingerprint density at radius 3 is 2.50 bits per heavy atom. The van der Waals surface area contributed by atoms with Crippen LogP contribution in [0.15, 0.2) is 84.0 Å². The van der Waals surface area contributed by atoms with E-state index >= 15 is 0 Å². The number of ether oxygens (including phenoxy) is 2. The molecule has 9 nitrogen and oxygen atoms in total. The summed E-state index contributed by atoms with van der Waals surface area (Å²) in [5, 5.41) is 4.43. The van der Waals surface area contributed by atoms with Crippen LogP contribution in [0.3, 0.4) is 0 Å². The van der Waals surface area contributed by atoms with Gasteiger partial charge in [-0.1, -0.05) is 36.4 Å². The first-order chi connectivity index (χ1) is 16.6. The Morgan fingerprint density at radius 1 is 1.00 bits per heavy atom. The van der Waals surface area contributed by atoms with Gasteiger partial charge < -0.3 is 9.47 Å². The molecule has 1 aliphatic heterocycles. The second-order valence-electron chi connectivity index (χ2n) is 7.78. The van der Waals surface area contributed by atoms with Gasteiger partial charge in [0.15, 0.2) is 0 Å². The lowest BCUT2D eigenvalue weighted by Crippen LogP contribution is -2.18. The van der Waals surface area contributed by atoms with Crippen molar-refractivity contribution in [2.24, 2.45) is 0 Å². The van der Waals surface area contributed by atoms with E-state index in [1.165, 1.54) is 12.1 Å².